The molecule has 102 valence electrons. The van der Waals surface area contributed by atoms with E-state index < -0.39 is 0 Å². The summed E-state index contributed by atoms with van der Waals surface area (Å²) in [5.41, 5.74) is 7.47. The minimum atomic E-state index is 0.455. The Morgan fingerprint density at radius 1 is 1.16 bits per heavy atom. The molecule has 4 nitrogen and oxygen atoms in total. The number of hydrogen-bond donors (Lipinski definition) is 2. The van der Waals surface area contributed by atoms with Gasteiger partial charge >= 0.3 is 0 Å². The second kappa shape index (κ2) is 5.51. The molecule has 1 fully saturated rings. The number of fused-ring (bicyclic) bond motifs is 1. The van der Waals surface area contributed by atoms with Crippen molar-refractivity contribution in [2.75, 3.05) is 17.7 Å². The normalized spacial score (nSPS) is 22.2. The van der Waals surface area contributed by atoms with Crippen LogP contribution < -0.4 is 15.8 Å². The third-order valence-corrected chi connectivity index (χ3v) is 3.81. The number of anilines is 2. The summed E-state index contributed by atoms with van der Waals surface area (Å²) in [7, 11) is 0. The van der Waals surface area contributed by atoms with Crippen molar-refractivity contribution in [3.8, 4) is 5.75 Å². The van der Waals surface area contributed by atoms with Gasteiger partial charge in [-0.3, -0.25) is 4.99 Å². The number of aliphatic imine (C=N–C) groups is 1. The van der Waals surface area contributed by atoms with Gasteiger partial charge in [0.2, 0.25) is 0 Å². The van der Waals surface area contributed by atoms with Crippen LogP contribution in [0, 0.1) is 0 Å². The van der Waals surface area contributed by atoms with E-state index in [2.05, 4.69) is 5.32 Å². The molecule has 0 aromatic heterocycles. The van der Waals surface area contributed by atoms with Gasteiger partial charge < -0.3 is 15.8 Å². The Kier molecular flexibility index (Phi) is 3.58. The number of nitrogens with two attached hydrogens (primary N) is 1. The summed E-state index contributed by atoms with van der Waals surface area (Å²) in [6, 6.07) is 6.11. The maximum absolute atomic E-state index is 5.80. The monoisotopic (exact) mass is 259 g/mol. The first kappa shape index (κ1) is 12.3. The summed E-state index contributed by atoms with van der Waals surface area (Å²) in [5, 5.41) is 3.35. The zero-order valence-electron chi connectivity index (χ0n) is 11.2. The highest BCUT2D eigenvalue weighted by atomic mass is 16.5. The molecule has 0 saturated heterocycles. The van der Waals surface area contributed by atoms with Gasteiger partial charge in [-0.05, 0) is 31.0 Å². The standard InChI is InChI=1S/C15H21N3O/c16-11-7-8-14-13(9-11)18-15(10-19-14)17-12-5-3-1-2-4-6-12/h7-9,12H,1-6,10,16H2,(H,17,18). The van der Waals surface area contributed by atoms with Gasteiger partial charge in [0.05, 0.1) is 11.7 Å². The number of nitrogen functional groups attached to an aromatic ring is 1. The third kappa shape index (κ3) is 3.00. The molecule has 1 heterocycles. The minimum Gasteiger partial charge on any atom is -0.484 e. The van der Waals surface area contributed by atoms with Crippen LogP contribution in [-0.2, 0) is 0 Å². The molecule has 19 heavy (non-hydrogen) atoms. The number of nitrogens with one attached hydrogen (secondary N) is 1. The van der Waals surface area contributed by atoms with Crippen molar-refractivity contribution in [3.05, 3.63) is 18.2 Å². The van der Waals surface area contributed by atoms with E-state index in [1.807, 2.05) is 18.2 Å². The summed E-state index contributed by atoms with van der Waals surface area (Å²) in [6.07, 6.45) is 7.71. The van der Waals surface area contributed by atoms with E-state index in [9.17, 15) is 0 Å². The predicted molar refractivity (Wildman–Crippen MR) is 78.9 cm³/mol. The summed E-state index contributed by atoms with van der Waals surface area (Å²) >= 11 is 0. The van der Waals surface area contributed by atoms with Crippen LogP contribution in [-0.4, -0.2) is 18.5 Å². The largest absolute Gasteiger partial charge is 0.484 e. The fourth-order valence-electron chi connectivity index (χ4n) is 2.79. The van der Waals surface area contributed by atoms with Crippen LogP contribution in [0.5, 0.6) is 5.75 Å². The van der Waals surface area contributed by atoms with Gasteiger partial charge in [-0.1, -0.05) is 25.7 Å². The highest BCUT2D eigenvalue weighted by molar-refractivity contribution is 6.00. The molecule has 0 radical (unpaired) electrons. The van der Waals surface area contributed by atoms with Gasteiger partial charge in [0, 0.05) is 5.69 Å². The molecule has 1 saturated carbocycles. The highest BCUT2D eigenvalue weighted by Crippen LogP contribution is 2.30. The van der Waals surface area contributed by atoms with Crippen molar-refractivity contribution in [2.24, 2.45) is 4.99 Å². The highest BCUT2D eigenvalue weighted by Gasteiger charge is 2.17. The molecule has 1 aromatic carbocycles. The average molecular weight is 259 g/mol. The zero-order valence-corrected chi connectivity index (χ0v) is 11.2. The Labute approximate surface area is 114 Å². The van der Waals surface area contributed by atoms with E-state index in [-0.39, 0.29) is 0 Å². The minimum absolute atomic E-state index is 0.455. The average Bonchev–Trinajstić information content (AvgIpc) is 2.67. The summed E-state index contributed by atoms with van der Waals surface area (Å²) in [5.74, 6) is 1.79. The summed E-state index contributed by atoms with van der Waals surface area (Å²) < 4.78 is 5.72. The number of benzene rings is 1. The lowest BCUT2D eigenvalue weighted by molar-refractivity contribution is 0.370. The van der Waals surface area contributed by atoms with Crippen LogP contribution >= 0.6 is 0 Å². The predicted octanol–water partition coefficient (Wildman–Crippen LogP) is 3.19. The van der Waals surface area contributed by atoms with E-state index in [4.69, 9.17) is 15.5 Å². The number of hydrogen-bond acceptors (Lipinski definition) is 3. The molecule has 3 N–H and O–H groups in total. The molecule has 0 atom stereocenters. The molecule has 0 spiro atoms. The first-order valence-corrected chi connectivity index (χ1v) is 7.17. The van der Waals surface area contributed by atoms with E-state index in [1.165, 1.54) is 38.5 Å². The third-order valence-electron chi connectivity index (χ3n) is 3.81. The topological polar surface area (TPSA) is 59.6 Å². The molecular formula is C15H21N3O. The lowest BCUT2D eigenvalue weighted by Crippen LogP contribution is -2.27. The molecule has 1 aliphatic heterocycles. The number of rotatable bonds is 1. The van der Waals surface area contributed by atoms with Gasteiger partial charge in [0.15, 0.2) is 0 Å². The molecule has 3 rings (SSSR count). The molecule has 2 aliphatic rings. The van der Waals surface area contributed by atoms with Crippen LogP contribution in [0.25, 0.3) is 0 Å². The van der Waals surface area contributed by atoms with Crippen LogP contribution in [0.2, 0.25) is 0 Å². The second-order valence-electron chi connectivity index (χ2n) is 5.39. The van der Waals surface area contributed by atoms with E-state index in [0.717, 1.165) is 23.0 Å². The van der Waals surface area contributed by atoms with Crippen molar-refractivity contribution in [3.63, 3.8) is 0 Å². The Hall–Kier alpha value is -1.71. The molecule has 0 unspecified atom stereocenters. The second-order valence-corrected chi connectivity index (χ2v) is 5.39. The number of ether oxygens (including phenoxy) is 1. The van der Waals surface area contributed by atoms with Crippen molar-refractivity contribution >= 4 is 17.2 Å². The van der Waals surface area contributed by atoms with Crippen molar-refractivity contribution in [1.82, 2.24) is 0 Å². The van der Waals surface area contributed by atoms with Crippen LogP contribution in [0.3, 0.4) is 0 Å². The maximum Gasteiger partial charge on any atom is 0.146 e. The SMILES string of the molecule is Nc1ccc2c(c1)NC(=NC1CCCCCC1)CO2. The van der Waals surface area contributed by atoms with Gasteiger partial charge in [0.25, 0.3) is 0 Å². The van der Waals surface area contributed by atoms with Crippen LogP contribution in [0.15, 0.2) is 23.2 Å². The molecule has 1 aromatic rings. The smallest absolute Gasteiger partial charge is 0.146 e. The van der Waals surface area contributed by atoms with E-state index in [0.29, 0.717) is 12.6 Å². The number of nitrogens with zero attached hydrogens (tertiary/aromatic N) is 1. The summed E-state index contributed by atoms with van der Waals surface area (Å²) in [6.45, 7) is 0.535. The van der Waals surface area contributed by atoms with E-state index >= 15 is 0 Å². The van der Waals surface area contributed by atoms with Gasteiger partial charge in [-0.15, -0.1) is 0 Å². The van der Waals surface area contributed by atoms with Crippen molar-refractivity contribution in [2.45, 2.75) is 44.6 Å². The van der Waals surface area contributed by atoms with E-state index in [1.54, 1.807) is 0 Å². The van der Waals surface area contributed by atoms with Crippen molar-refractivity contribution < 1.29 is 4.74 Å². The quantitative estimate of drug-likeness (QED) is 0.601. The van der Waals surface area contributed by atoms with Crippen LogP contribution in [0.1, 0.15) is 38.5 Å². The van der Waals surface area contributed by atoms with Gasteiger partial charge in [-0.25, -0.2) is 0 Å². The molecular weight excluding hydrogens is 238 g/mol. The fraction of sp³-hybridized carbons (Fsp3) is 0.533. The Morgan fingerprint density at radius 3 is 2.74 bits per heavy atom. The molecule has 4 heteroatoms. The molecule has 0 bridgehead atoms. The van der Waals surface area contributed by atoms with Crippen molar-refractivity contribution in [1.29, 1.82) is 0 Å². The lowest BCUT2D eigenvalue weighted by Gasteiger charge is -2.22. The lowest BCUT2D eigenvalue weighted by atomic mass is 10.1. The zero-order chi connectivity index (χ0) is 13.1. The maximum atomic E-state index is 5.80. The fourth-order valence-corrected chi connectivity index (χ4v) is 2.79. The molecule has 0 amide bonds. The number of amidine groups is 1. The van der Waals surface area contributed by atoms with Crippen LogP contribution in [0.4, 0.5) is 11.4 Å². The first-order valence-electron chi connectivity index (χ1n) is 7.17. The Morgan fingerprint density at radius 2 is 1.95 bits per heavy atom. The van der Waals surface area contributed by atoms with Gasteiger partial charge in [0.1, 0.15) is 18.2 Å². The Balaban J connectivity index is 1.73. The first-order chi connectivity index (χ1) is 9.31. The van der Waals surface area contributed by atoms with Gasteiger partial charge in [-0.2, -0.15) is 0 Å². The molecule has 1 aliphatic carbocycles. The Bertz CT molecular complexity index is 476. The summed E-state index contributed by atoms with van der Waals surface area (Å²) in [4.78, 5) is 4.82.